The van der Waals surface area contributed by atoms with E-state index in [0.717, 1.165) is 38.1 Å². The fourth-order valence-corrected chi connectivity index (χ4v) is 2.23. The highest BCUT2D eigenvalue weighted by molar-refractivity contribution is 5.98. The Balaban J connectivity index is 2.05. The van der Waals surface area contributed by atoms with Crippen LogP contribution in [0, 0.1) is 5.82 Å². The summed E-state index contributed by atoms with van der Waals surface area (Å²) < 4.78 is 18.8. The van der Waals surface area contributed by atoms with Gasteiger partial charge in [0.05, 0.1) is 25.4 Å². The standard InChI is InChI=1S/C16H23FN6O2/c1-2-11(3-4-20-10-23-5-7-25-8-6-23)21-16-12(15(19)24)9-13(17)14(18)22-16/h3-4,9H,2,5-8,10H2,1H3,(H2,19,24)(H3,18,21,22)/b11-3+,20-4?. The molecule has 136 valence electrons. The minimum Gasteiger partial charge on any atom is -0.381 e. The first kappa shape index (κ1) is 18.8. The van der Waals surface area contributed by atoms with Gasteiger partial charge in [-0.15, -0.1) is 0 Å². The molecule has 0 saturated carbocycles. The normalized spacial score (nSPS) is 16.3. The van der Waals surface area contributed by atoms with E-state index < -0.39 is 11.7 Å². The molecule has 8 nitrogen and oxygen atoms in total. The van der Waals surface area contributed by atoms with E-state index in [1.807, 2.05) is 6.92 Å². The van der Waals surface area contributed by atoms with Gasteiger partial charge in [0.25, 0.3) is 5.91 Å². The summed E-state index contributed by atoms with van der Waals surface area (Å²) in [5.74, 6) is -1.75. The molecule has 1 aromatic heterocycles. The van der Waals surface area contributed by atoms with Crippen molar-refractivity contribution in [2.45, 2.75) is 13.3 Å². The number of nitrogens with one attached hydrogen (secondary N) is 1. The Morgan fingerprint density at radius 1 is 1.52 bits per heavy atom. The number of amides is 1. The second-order valence-electron chi connectivity index (χ2n) is 5.49. The number of anilines is 2. The van der Waals surface area contributed by atoms with Gasteiger partial charge in [-0.05, 0) is 18.6 Å². The SMILES string of the molecule is CC/C(=C\C=NCN1CCOCC1)Nc1nc(N)c(F)cc1C(N)=O. The van der Waals surface area contributed by atoms with Crippen LogP contribution in [0.4, 0.5) is 16.0 Å². The van der Waals surface area contributed by atoms with Gasteiger partial charge in [-0.2, -0.15) is 0 Å². The lowest BCUT2D eigenvalue weighted by Crippen LogP contribution is -2.36. The van der Waals surface area contributed by atoms with Crippen LogP contribution in [0.3, 0.4) is 0 Å². The summed E-state index contributed by atoms with van der Waals surface area (Å²) in [6.45, 7) is 5.68. The average Bonchev–Trinajstić information content (AvgIpc) is 2.61. The van der Waals surface area contributed by atoms with E-state index >= 15 is 0 Å². The van der Waals surface area contributed by atoms with Crippen molar-refractivity contribution >= 4 is 23.8 Å². The van der Waals surface area contributed by atoms with Gasteiger partial charge in [0.15, 0.2) is 11.6 Å². The summed E-state index contributed by atoms with van der Waals surface area (Å²) in [4.78, 5) is 21.9. The molecule has 25 heavy (non-hydrogen) atoms. The first-order valence-corrected chi connectivity index (χ1v) is 8.03. The van der Waals surface area contributed by atoms with Crippen LogP contribution in [0.25, 0.3) is 0 Å². The Morgan fingerprint density at radius 2 is 2.24 bits per heavy atom. The number of primary amides is 1. The molecule has 0 atom stereocenters. The van der Waals surface area contributed by atoms with Crippen molar-refractivity contribution < 1.29 is 13.9 Å². The van der Waals surface area contributed by atoms with Gasteiger partial charge in [-0.1, -0.05) is 6.92 Å². The molecule has 0 aromatic carbocycles. The summed E-state index contributed by atoms with van der Waals surface area (Å²) in [5, 5.41) is 2.96. The largest absolute Gasteiger partial charge is 0.381 e. The number of pyridine rings is 1. The molecule has 0 unspecified atom stereocenters. The van der Waals surface area contributed by atoms with Gasteiger partial charge in [0, 0.05) is 25.0 Å². The fourth-order valence-electron chi connectivity index (χ4n) is 2.23. The number of aromatic nitrogens is 1. The minimum absolute atomic E-state index is 0.0590. The van der Waals surface area contributed by atoms with Crippen LogP contribution in [0.1, 0.15) is 23.7 Å². The van der Waals surface area contributed by atoms with Crippen molar-refractivity contribution in [3.05, 3.63) is 29.2 Å². The fraction of sp³-hybridized carbons (Fsp3) is 0.438. The molecule has 1 amide bonds. The van der Waals surface area contributed by atoms with Crippen LogP contribution in [0.2, 0.25) is 0 Å². The lowest BCUT2D eigenvalue weighted by Gasteiger charge is -2.24. The number of carbonyl (C=O) groups excluding carboxylic acids is 1. The van der Waals surface area contributed by atoms with Crippen LogP contribution in [0.15, 0.2) is 22.8 Å². The Morgan fingerprint density at radius 3 is 2.88 bits per heavy atom. The summed E-state index contributed by atoms with van der Waals surface area (Å²) in [6.07, 6.45) is 4.07. The molecular formula is C16H23FN6O2. The van der Waals surface area contributed by atoms with Gasteiger partial charge in [-0.3, -0.25) is 14.7 Å². The number of carbonyl (C=O) groups is 1. The number of nitrogens with zero attached hydrogens (tertiary/aromatic N) is 3. The Hall–Kier alpha value is -2.52. The minimum atomic E-state index is -0.787. The van der Waals surface area contributed by atoms with Gasteiger partial charge in [0.1, 0.15) is 5.82 Å². The van der Waals surface area contributed by atoms with Crippen molar-refractivity contribution in [1.29, 1.82) is 0 Å². The number of hydrogen-bond acceptors (Lipinski definition) is 7. The van der Waals surface area contributed by atoms with Crippen molar-refractivity contribution in [3.63, 3.8) is 0 Å². The number of allylic oxidation sites excluding steroid dienone is 2. The van der Waals surface area contributed by atoms with Crippen LogP contribution in [-0.2, 0) is 4.74 Å². The molecular weight excluding hydrogens is 327 g/mol. The summed E-state index contributed by atoms with van der Waals surface area (Å²) in [7, 11) is 0. The predicted molar refractivity (Wildman–Crippen MR) is 94.9 cm³/mol. The molecule has 1 aliphatic heterocycles. The Bertz CT molecular complexity index is 671. The molecule has 1 aliphatic rings. The first-order chi connectivity index (χ1) is 12.0. The summed E-state index contributed by atoms with van der Waals surface area (Å²) in [5.41, 5.74) is 11.4. The maximum atomic E-state index is 13.5. The number of hydrogen-bond donors (Lipinski definition) is 3. The van der Waals surface area contributed by atoms with Crippen LogP contribution in [-0.4, -0.2) is 55.0 Å². The quantitative estimate of drug-likeness (QED) is 0.631. The number of nitrogens with two attached hydrogens (primary N) is 2. The van der Waals surface area contributed by atoms with Crippen LogP contribution >= 0.6 is 0 Å². The molecule has 0 radical (unpaired) electrons. The number of nitrogen functional groups attached to an aromatic ring is 1. The van der Waals surface area contributed by atoms with Crippen molar-refractivity contribution in [1.82, 2.24) is 9.88 Å². The highest BCUT2D eigenvalue weighted by Gasteiger charge is 2.14. The number of aliphatic imine (C=N–C) groups is 1. The van der Waals surface area contributed by atoms with Crippen molar-refractivity contribution in [2.24, 2.45) is 10.7 Å². The molecule has 5 N–H and O–H groups in total. The van der Waals surface area contributed by atoms with E-state index in [2.05, 4.69) is 20.2 Å². The lowest BCUT2D eigenvalue weighted by molar-refractivity contribution is 0.0395. The van der Waals surface area contributed by atoms with Gasteiger partial charge in [0.2, 0.25) is 0 Å². The van der Waals surface area contributed by atoms with Gasteiger partial charge in [-0.25, -0.2) is 9.37 Å². The maximum absolute atomic E-state index is 13.5. The van der Waals surface area contributed by atoms with Gasteiger partial charge < -0.3 is 21.5 Å². The van der Waals surface area contributed by atoms with E-state index in [0.29, 0.717) is 13.1 Å². The number of morpholine rings is 1. The number of rotatable bonds is 7. The van der Waals surface area contributed by atoms with E-state index in [4.69, 9.17) is 16.2 Å². The smallest absolute Gasteiger partial charge is 0.252 e. The van der Waals surface area contributed by atoms with Crippen LogP contribution in [0.5, 0.6) is 0 Å². The van der Waals surface area contributed by atoms with E-state index in [1.54, 1.807) is 12.3 Å². The van der Waals surface area contributed by atoms with E-state index in [9.17, 15) is 9.18 Å². The molecule has 9 heteroatoms. The predicted octanol–water partition coefficient (Wildman–Crippen LogP) is 0.968. The third-order valence-electron chi connectivity index (χ3n) is 3.69. The highest BCUT2D eigenvalue weighted by atomic mass is 19.1. The topological polar surface area (TPSA) is 119 Å². The second kappa shape index (κ2) is 9.09. The summed E-state index contributed by atoms with van der Waals surface area (Å²) >= 11 is 0. The zero-order chi connectivity index (χ0) is 18.2. The monoisotopic (exact) mass is 350 g/mol. The molecule has 1 aromatic rings. The molecule has 1 fully saturated rings. The highest BCUT2D eigenvalue weighted by Crippen LogP contribution is 2.20. The van der Waals surface area contributed by atoms with E-state index in [1.165, 1.54) is 0 Å². The zero-order valence-electron chi connectivity index (χ0n) is 14.2. The second-order valence-corrected chi connectivity index (χ2v) is 5.49. The third kappa shape index (κ3) is 5.50. The zero-order valence-corrected chi connectivity index (χ0v) is 14.2. The molecule has 0 bridgehead atoms. The molecule has 1 saturated heterocycles. The average molecular weight is 350 g/mol. The van der Waals surface area contributed by atoms with Crippen LogP contribution < -0.4 is 16.8 Å². The third-order valence-corrected chi connectivity index (χ3v) is 3.69. The number of ether oxygens (including phenoxy) is 1. The van der Waals surface area contributed by atoms with Crippen molar-refractivity contribution in [3.8, 4) is 0 Å². The Labute approximate surface area is 145 Å². The summed E-state index contributed by atoms with van der Waals surface area (Å²) in [6, 6.07) is 0.979. The maximum Gasteiger partial charge on any atom is 0.252 e. The lowest BCUT2D eigenvalue weighted by atomic mass is 10.2. The first-order valence-electron chi connectivity index (χ1n) is 8.03. The Kier molecular flexibility index (Phi) is 6.84. The van der Waals surface area contributed by atoms with E-state index in [-0.39, 0.29) is 17.2 Å². The van der Waals surface area contributed by atoms with Gasteiger partial charge >= 0.3 is 0 Å². The molecule has 0 spiro atoms. The molecule has 2 heterocycles. The molecule has 2 rings (SSSR count). The van der Waals surface area contributed by atoms with Crippen molar-refractivity contribution in [2.75, 3.05) is 44.0 Å². The number of halogens is 1. The molecule has 0 aliphatic carbocycles.